The van der Waals surface area contributed by atoms with E-state index >= 15 is 0 Å². The van der Waals surface area contributed by atoms with Crippen molar-refractivity contribution < 1.29 is 4.79 Å². The zero-order valence-electron chi connectivity index (χ0n) is 9.07. The van der Waals surface area contributed by atoms with E-state index in [-0.39, 0.29) is 5.91 Å². The highest BCUT2D eigenvalue weighted by molar-refractivity contribution is 9.10. The molecule has 1 atom stereocenters. The predicted molar refractivity (Wildman–Crippen MR) is 73.7 cm³/mol. The molecule has 0 aromatic heterocycles. The van der Waals surface area contributed by atoms with E-state index in [2.05, 4.69) is 21.2 Å². The molecule has 0 saturated heterocycles. The van der Waals surface area contributed by atoms with Gasteiger partial charge in [0.25, 0.3) is 0 Å². The number of carbonyl (C=O) groups is 1. The van der Waals surface area contributed by atoms with Crippen LogP contribution in [0.2, 0.25) is 0 Å². The van der Waals surface area contributed by atoms with Crippen LogP contribution in [0.1, 0.15) is 6.92 Å². The number of carbonyl (C=O) groups excluding carboxylic acids is 1. The zero-order chi connectivity index (χ0) is 12.0. The summed E-state index contributed by atoms with van der Waals surface area (Å²) >= 11 is 4.93. The smallest absolute Gasteiger partial charge is 0.234 e. The highest BCUT2D eigenvalue weighted by atomic mass is 79.9. The van der Waals surface area contributed by atoms with E-state index in [1.54, 1.807) is 11.8 Å². The molecule has 0 aliphatic rings. The van der Waals surface area contributed by atoms with Crippen LogP contribution >= 0.6 is 27.7 Å². The summed E-state index contributed by atoms with van der Waals surface area (Å²) in [6.07, 6.45) is 0. The normalized spacial score (nSPS) is 12.2. The number of para-hydroxylation sites is 1. The Bertz CT molecular complexity index is 360. The van der Waals surface area contributed by atoms with Gasteiger partial charge in [-0.1, -0.05) is 19.1 Å². The average Bonchev–Trinajstić information content (AvgIpc) is 2.29. The maximum atomic E-state index is 11.6. The summed E-state index contributed by atoms with van der Waals surface area (Å²) in [5.41, 5.74) is 6.27. The molecule has 0 spiro atoms. The molecule has 1 aromatic rings. The van der Waals surface area contributed by atoms with Crippen molar-refractivity contribution in [1.82, 2.24) is 0 Å². The molecule has 5 heteroatoms. The first-order valence-electron chi connectivity index (χ1n) is 4.99. The quantitative estimate of drug-likeness (QED) is 0.878. The zero-order valence-corrected chi connectivity index (χ0v) is 11.5. The summed E-state index contributed by atoms with van der Waals surface area (Å²) in [4.78, 5) is 11.6. The Kier molecular flexibility index (Phi) is 5.87. The number of benzene rings is 1. The molecular formula is C11H15BrN2OS. The molecule has 0 aliphatic carbocycles. The van der Waals surface area contributed by atoms with Crippen molar-refractivity contribution in [1.29, 1.82) is 0 Å². The Morgan fingerprint density at radius 2 is 2.25 bits per heavy atom. The number of rotatable bonds is 5. The summed E-state index contributed by atoms with van der Waals surface area (Å²) in [5.74, 6) is 0.428. The fourth-order valence-corrected chi connectivity index (χ4v) is 2.06. The van der Waals surface area contributed by atoms with Crippen molar-refractivity contribution in [3.8, 4) is 0 Å². The Morgan fingerprint density at radius 1 is 1.56 bits per heavy atom. The van der Waals surface area contributed by atoms with Crippen molar-refractivity contribution in [2.45, 2.75) is 12.2 Å². The Labute approximate surface area is 108 Å². The summed E-state index contributed by atoms with van der Waals surface area (Å²) in [6, 6.07) is 7.55. The van der Waals surface area contributed by atoms with E-state index in [9.17, 15) is 4.79 Å². The molecule has 0 radical (unpaired) electrons. The topological polar surface area (TPSA) is 55.1 Å². The summed E-state index contributed by atoms with van der Waals surface area (Å²) in [5, 5.41) is 3.15. The van der Waals surface area contributed by atoms with Gasteiger partial charge >= 0.3 is 0 Å². The van der Waals surface area contributed by atoms with Crippen LogP contribution in [0.15, 0.2) is 28.7 Å². The minimum absolute atomic E-state index is 0.00259. The van der Waals surface area contributed by atoms with E-state index in [1.807, 2.05) is 31.2 Å². The third-order valence-electron chi connectivity index (χ3n) is 1.98. The lowest BCUT2D eigenvalue weighted by Crippen LogP contribution is -2.19. The van der Waals surface area contributed by atoms with E-state index < -0.39 is 0 Å². The molecule has 0 heterocycles. The Balaban J connectivity index is 2.43. The Hall–Kier alpha value is -0.520. The molecule has 88 valence electrons. The largest absolute Gasteiger partial charge is 0.329 e. The van der Waals surface area contributed by atoms with Gasteiger partial charge in [0.05, 0.1) is 11.4 Å². The molecule has 0 fully saturated rings. The second kappa shape index (κ2) is 6.93. The number of hydrogen-bond donors (Lipinski definition) is 2. The summed E-state index contributed by atoms with van der Waals surface area (Å²) < 4.78 is 0.889. The molecule has 0 aliphatic heterocycles. The number of anilines is 1. The molecule has 0 saturated carbocycles. The van der Waals surface area contributed by atoms with Gasteiger partial charge in [-0.3, -0.25) is 4.79 Å². The maximum absolute atomic E-state index is 11.6. The maximum Gasteiger partial charge on any atom is 0.234 e. The fraction of sp³-hybridized carbons (Fsp3) is 0.364. The number of amides is 1. The molecule has 1 unspecified atom stereocenters. The van der Waals surface area contributed by atoms with Gasteiger partial charge in [0, 0.05) is 16.3 Å². The number of halogens is 1. The van der Waals surface area contributed by atoms with Crippen molar-refractivity contribution in [3.05, 3.63) is 28.7 Å². The van der Waals surface area contributed by atoms with Crippen molar-refractivity contribution in [3.63, 3.8) is 0 Å². The van der Waals surface area contributed by atoms with Gasteiger partial charge in [-0.2, -0.15) is 0 Å². The first-order chi connectivity index (χ1) is 7.63. The van der Waals surface area contributed by atoms with Crippen LogP contribution in [0.25, 0.3) is 0 Å². The third kappa shape index (κ3) is 4.55. The monoisotopic (exact) mass is 302 g/mol. The molecule has 3 N–H and O–H groups in total. The van der Waals surface area contributed by atoms with E-state index in [1.165, 1.54) is 0 Å². The van der Waals surface area contributed by atoms with Crippen LogP contribution in [0.4, 0.5) is 5.69 Å². The van der Waals surface area contributed by atoms with Gasteiger partial charge in [0.1, 0.15) is 0 Å². The summed E-state index contributed by atoms with van der Waals surface area (Å²) in [7, 11) is 0. The molecule has 1 aromatic carbocycles. The van der Waals surface area contributed by atoms with Crippen molar-refractivity contribution in [2.24, 2.45) is 5.73 Å². The summed E-state index contributed by atoms with van der Waals surface area (Å²) in [6.45, 7) is 2.60. The van der Waals surface area contributed by atoms with Crippen LogP contribution < -0.4 is 11.1 Å². The molecule has 16 heavy (non-hydrogen) atoms. The lowest BCUT2D eigenvalue weighted by Gasteiger charge is -2.09. The van der Waals surface area contributed by atoms with E-state index in [0.717, 1.165) is 10.2 Å². The molecule has 0 bridgehead atoms. The molecule has 1 amide bonds. The van der Waals surface area contributed by atoms with Gasteiger partial charge < -0.3 is 11.1 Å². The highest BCUT2D eigenvalue weighted by Crippen LogP contribution is 2.21. The van der Waals surface area contributed by atoms with Gasteiger partial charge in [-0.25, -0.2) is 0 Å². The first kappa shape index (κ1) is 13.5. The van der Waals surface area contributed by atoms with Gasteiger partial charge in [0.2, 0.25) is 5.91 Å². The predicted octanol–water partition coefficient (Wildman–Crippen LogP) is 2.47. The lowest BCUT2D eigenvalue weighted by molar-refractivity contribution is -0.113. The van der Waals surface area contributed by atoms with Crippen LogP contribution in [0.5, 0.6) is 0 Å². The molecule has 3 nitrogen and oxygen atoms in total. The van der Waals surface area contributed by atoms with Crippen molar-refractivity contribution >= 4 is 39.3 Å². The minimum Gasteiger partial charge on any atom is -0.329 e. The highest BCUT2D eigenvalue weighted by Gasteiger charge is 2.07. The number of nitrogens with one attached hydrogen (secondary N) is 1. The fourth-order valence-electron chi connectivity index (χ4n) is 1.03. The Morgan fingerprint density at radius 3 is 2.88 bits per heavy atom. The van der Waals surface area contributed by atoms with E-state index in [4.69, 9.17) is 5.73 Å². The molecule has 1 rings (SSSR count). The standard InChI is InChI=1S/C11H15BrN2OS/c1-8(6-13)16-7-11(15)14-10-5-3-2-4-9(10)12/h2-5,8H,6-7,13H2,1H3,(H,14,15). The minimum atomic E-state index is -0.00259. The average molecular weight is 303 g/mol. The number of thioether (sulfide) groups is 1. The second-order valence-corrected chi connectivity index (χ2v) is 5.67. The van der Waals surface area contributed by atoms with Crippen LogP contribution in [-0.2, 0) is 4.79 Å². The van der Waals surface area contributed by atoms with Gasteiger partial charge in [0.15, 0.2) is 0 Å². The van der Waals surface area contributed by atoms with Crippen LogP contribution in [-0.4, -0.2) is 23.5 Å². The SMILES string of the molecule is CC(CN)SCC(=O)Nc1ccccc1Br. The van der Waals surface area contributed by atoms with E-state index in [0.29, 0.717) is 17.5 Å². The number of nitrogens with two attached hydrogens (primary N) is 1. The van der Waals surface area contributed by atoms with Crippen molar-refractivity contribution in [2.75, 3.05) is 17.6 Å². The van der Waals surface area contributed by atoms with Gasteiger partial charge in [-0.15, -0.1) is 11.8 Å². The van der Waals surface area contributed by atoms with Crippen LogP contribution in [0.3, 0.4) is 0 Å². The second-order valence-electron chi connectivity index (χ2n) is 3.39. The first-order valence-corrected chi connectivity index (χ1v) is 6.83. The third-order valence-corrected chi connectivity index (χ3v) is 3.86. The van der Waals surface area contributed by atoms with Crippen LogP contribution in [0, 0.1) is 0 Å². The molecular weight excluding hydrogens is 288 g/mol. The number of hydrogen-bond acceptors (Lipinski definition) is 3. The lowest BCUT2D eigenvalue weighted by atomic mass is 10.3. The van der Waals surface area contributed by atoms with Gasteiger partial charge in [-0.05, 0) is 28.1 Å².